The maximum atomic E-state index is 12.1. The average Bonchev–Trinajstić information content (AvgIpc) is 3.17. The summed E-state index contributed by atoms with van der Waals surface area (Å²) in [6, 6.07) is 10.2. The van der Waals surface area contributed by atoms with Crippen molar-refractivity contribution in [1.29, 1.82) is 0 Å². The van der Waals surface area contributed by atoms with E-state index in [0.717, 1.165) is 42.0 Å². The van der Waals surface area contributed by atoms with Crippen LogP contribution in [0.15, 0.2) is 39.6 Å². The number of H-pyrrole nitrogens is 1. The molecule has 1 unspecified atom stereocenters. The van der Waals surface area contributed by atoms with Crippen LogP contribution < -0.4 is 10.9 Å². The summed E-state index contributed by atoms with van der Waals surface area (Å²) < 4.78 is 5.20. The van der Waals surface area contributed by atoms with E-state index in [9.17, 15) is 4.79 Å². The van der Waals surface area contributed by atoms with Crippen LogP contribution in [0.1, 0.15) is 46.3 Å². The Morgan fingerprint density at radius 1 is 1.27 bits per heavy atom. The van der Waals surface area contributed by atoms with Crippen LogP contribution in [0.3, 0.4) is 0 Å². The minimum absolute atomic E-state index is 0.137. The van der Waals surface area contributed by atoms with Gasteiger partial charge >= 0.3 is 0 Å². The minimum Gasteiger partial charge on any atom is -0.361 e. The van der Waals surface area contributed by atoms with Gasteiger partial charge < -0.3 is 9.84 Å². The van der Waals surface area contributed by atoms with Crippen molar-refractivity contribution in [1.82, 2.24) is 15.1 Å². The number of rotatable bonds is 5. The van der Waals surface area contributed by atoms with Gasteiger partial charge in [0.15, 0.2) is 0 Å². The number of aromatic amines is 1. The molecule has 2 N–H and O–H groups in total. The number of fused-ring (bicyclic) bond motifs is 1. The van der Waals surface area contributed by atoms with Crippen LogP contribution in [-0.2, 0) is 19.3 Å². The molecule has 1 aliphatic rings. The third-order valence-electron chi connectivity index (χ3n) is 5.05. The van der Waals surface area contributed by atoms with Gasteiger partial charge in [-0.05, 0) is 50.7 Å². The molecule has 6 heteroatoms. The lowest BCUT2D eigenvalue weighted by atomic mass is 10.1. The molecule has 134 valence electrons. The van der Waals surface area contributed by atoms with Crippen molar-refractivity contribution in [2.24, 2.45) is 0 Å². The number of aromatic nitrogens is 3. The summed E-state index contributed by atoms with van der Waals surface area (Å²) in [7, 11) is 0. The van der Waals surface area contributed by atoms with Gasteiger partial charge in [-0.1, -0.05) is 29.4 Å². The molecule has 0 aliphatic heterocycles. The lowest BCUT2D eigenvalue weighted by molar-refractivity contribution is 0.392. The van der Waals surface area contributed by atoms with Crippen LogP contribution >= 0.6 is 0 Å². The number of nitrogens with one attached hydrogen (secondary N) is 2. The van der Waals surface area contributed by atoms with Crippen LogP contribution in [0, 0.1) is 13.8 Å². The van der Waals surface area contributed by atoms with E-state index in [1.807, 2.05) is 13.8 Å². The highest BCUT2D eigenvalue weighted by molar-refractivity contribution is 5.40. The van der Waals surface area contributed by atoms with Crippen molar-refractivity contribution < 1.29 is 4.52 Å². The first-order valence-electron chi connectivity index (χ1n) is 8.96. The van der Waals surface area contributed by atoms with Crippen LogP contribution in [0.2, 0.25) is 0 Å². The highest BCUT2D eigenvalue weighted by Crippen LogP contribution is 2.32. The topological polar surface area (TPSA) is 83.8 Å². The summed E-state index contributed by atoms with van der Waals surface area (Å²) in [4.78, 5) is 19.5. The second-order valence-corrected chi connectivity index (χ2v) is 6.82. The number of hydrogen-bond acceptors (Lipinski definition) is 5. The van der Waals surface area contributed by atoms with E-state index >= 15 is 0 Å². The van der Waals surface area contributed by atoms with Gasteiger partial charge in [0, 0.05) is 11.6 Å². The molecule has 4 rings (SSSR count). The van der Waals surface area contributed by atoms with Crippen LogP contribution in [0.5, 0.6) is 0 Å². The van der Waals surface area contributed by atoms with E-state index in [1.54, 1.807) is 6.07 Å². The summed E-state index contributed by atoms with van der Waals surface area (Å²) >= 11 is 0. The van der Waals surface area contributed by atoms with Gasteiger partial charge in [0.05, 0.1) is 17.4 Å². The Hall–Kier alpha value is -2.89. The molecule has 0 spiro atoms. The quantitative estimate of drug-likeness (QED) is 0.738. The molecule has 6 nitrogen and oxygen atoms in total. The highest BCUT2D eigenvalue weighted by atomic mass is 16.5. The molecule has 2 heterocycles. The lowest BCUT2D eigenvalue weighted by Crippen LogP contribution is -2.17. The molecule has 0 amide bonds. The Morgan fingerprint density at radius 3 is 2.92 bits per heavy atom. The van der Waals surface area contributed by atoms with E-state index < -0.39 is 0 Å². The van der Waals surface area contributed by atoms with Crippen molar-refractivity contribution in [3.63, 3.8) is 0 Å². The number of hydrogen-bond donors (Lipinski definition) is 2. The molecule has 0 saturated carbocycles. The summed E-state index contributed by atoms with van der Waals surface area (Å²) in [5.41, 5.74) is 5.27. The van der Waals surface area contributed by atoms with Crippen LogP contribution in [-0.4, -0.2) is 15.1 Å². The number of nitrogens with zero attached hydrogens (tertiary/aromatic N) is 2. The monoisotopic (exact) mass is 350 g/mol. The molecule has 0 bridgehead atoms. The summed E-state index contributed by atoms with van der Waals surface area (Å²) in [5.74, 6) is 1.36. The van der Waals surface area contributed by atoms with E-state index in [0.29, 0.717) is 12.4 Å². The van der Waals surface area contributed by atoms with E-state index in [4.69, 9.17) is 4.52 Å². The van der Waals surface area contributed by atoms with Crippen molar-refractivity contribution in [3.05, 3.63) is 74.5 Å². The van der Waals surface area contributed by atoms with Crippen molar-refractivity contribution in [2.45, 2.75) is 45.6 Å². The van der Waals surface area contributed by atoms with Gasteiger partial charge in [0.2, 0.25) is 5.95 Å². The molecule has 0 radical (unpaired) electrons. The van der Waals surface area contributed by atoms with E-state index in [2.05, 4.69) is 44.7 Å². The van der Waals surface area contributed by atoms with Gasteiger partial charge in [-0.2, -0.15) is 0 Å². The second-order valence-electron chi connectivity index (χ2n) is 6.82. The normalized spacial score (nSPS) is 15.8. The fraction of sp³-hybridized carbons (Fsp3) is 0.350. The first-order valence-corrected chi connectivity index (χ1v) is 8.96. The Morgan fingerprint density at radius 2 is 2.12 bits per heavy atom. The fourth-order valence-corrected chi connectivity index (χ4v) is 3.69. The summed E-state index contributed by atoms with van der Waals surface area (Å²) in [6.45, 7) is 3.84. The molecule has 2 aromatic heterocycles. The zero-order chi connectivity index (χ0) is 18.1. The zero-order valence-corrected chi connectivity index (χ0v) is 15.0. The van der Waals surface area contributed by atoms with E-state index in [-0.39, 0.29) is 11.6 Å². The fourth-order valence-electron chi connectivity index (χ4n) is 3.69. The maximum absolute atomic E-state index is 12.1. The number of anilines is 1. The molecule has 0 saturated heterocycles. The summed E-state index contributed by atoms with van der Waals surface area (Å²) in [5, 5.41) is 7.37. The number of aryl methyl sites for hydroxylation is 4. The standard InChI is InChI=1S/C20H22N4O2/c1-12-16(13(2)26-24-12)9-8-15-11-19(25)23-20(21-15)22-18-10-7-14-5-3-4-6-17(14)18/h3-6,11,18H,7-10H2,1-2H3,(H2,21,22,23,25). The molecular weight excluding hydrogens is 328 g/mol. The molecule has 1 aliphatic carbocycles. The Balaban J connectivity index is 1.51. The highest BCUT2D eigenvalue weighted by Gasteiger charge is 2.22. The largest absolute Gasteiger partial charge is 0.361 e. The molecule has 26 heavy (non-hydrogen) atoms. The summed E-state index contributed by atoms with van der Waals surface area (Å²) in [6.07, 6.45) is 3.47. The first-order chi connectivity index (χ1) is 12.6. The SMILES string of the molecule is Cc1noc(C)c1CCc1cc(=O)[nH]c(NC2CCc3ccccc32)n1. The third kappa shape index (κ3) is 3.27. The smallest absolute Gasteiger partial charge is 0.252 e. The molecule has 3 aromatic rings. The van der Waals surface area contributed by atoms with Crippen molar-refractivity contribution in [3.8, 4) is 0 Å². The minimum atomic E-state index is -0.137. The van der Waals surface area contributed by atoms with Crippen LogP contribution in [0.25, 0.3) is 0 Å². The maximum Gasteiger partial charge on any atom is 0.252 e. The van der Waals surface area contributed by atoms with Gasteiger partial charge in [0.1, 0.15) is 5.76 Å². The predicted molar refractivity (Wildman–Crippen MR) is 99.4 cm³/mol. The zero-order valence-electron chi connectivity index (χ0n) is 15.0. The third-order valence-corrected chi connectivity index (χ3v) is 5.05. The van der Waals surface area contributed by atoms with Crippen molar-refractivity contribution >= 4 is 5.95 Å². The lowest BCUT2D eigenvalue weighted by Gasteiger charge is -2.15. The van der Waals surface area contributed by atoms with Gasteiger partial charge in [0.25, 0.3) is 5.56 Å². The van der Waals surface area contributed by atoms with Gasteiger partial charge in [-0.15, -0.1) is 0 Å². The molecular formula is C20H22N4O2. The van der Waals surface area contributed by atoms with Crippen molar-refractivity contribution in [2.75, 3.05) is 5.32 Å². The molecule has 0 fully saturated rings. The second kappa shape index (κ2) is 6.78. The Bertz CT molecular complexity index is 970. The van der Waals surface area contributed by atoms with Crippen LogP contribution in [0.4, 0.5) is 5.95 Å². The average molecular weight is 350 g/mol. The predicted octanol–water partition coefficient (Wildman–Crippen LogP) is 3.26. The number of benzene rings is 1. The van der Waals surface area contributed by atoms with Gasteiger partial charge in [-0.25, -0.2) is 4.98 Å². The molecule has 1 atom stereocenters. The molecule has 1 aromatic carbocycles. The first kappa shape index (κ1) is 16.6. The van der Waals surface area contributed by atoms with Gasteiger partial charge in [-0.3, -0.25) is 9.78 Å². The van der Waals surface area contributed by atoms with E-state index in [1.165, 1.54) is 11.1 Å². The Kier molecular flexibility index (Phi) is 4.32. The Labute approximate surface area is 151 Å².